The Labute approximate surface area is 112 Å². The number of rotatable bonds is 3. The van der Waals surface area contributed by atoms with E-state index in [1.165, 1.54) is 0 Å². The minimum atomic E-state index is 0.269. The molecule has 0 unspecified atom stereocenters. The second kappa shape index (κ2) is 5.44. The Morgan fingerprint density at radius 1 is 1.22 bits per heavy atom. The summed E-state index contributed by atoms with van der Waals surface area (Å²) in [5.41, 5.74) is 2.88. The summed E-state index contributed by atoms with van der Waals surface area (Å²) < 4.78 is 0. The standard InChI is InChI=1S/C14H16ClN3/c1-9(2)14-17-12(10(3)13(15)18-14)8-11-6-4-5-7-16-11/h4-7,9H,8H2,1-3H3. The molecule has 0 radical (unpaired) electrons. The summed E-state index contributed by atoms with van der Waals surface area (Å²) in [6.45, 7) is 6.07. The predicted molar refractivity (Wildman–Crippen MR) is 72.9 cm³/mol. The molecule has 2 aromatic heterocycles. The average molecular weight is 262 g/mol. The van der Waals surface area contributed by atoms with Crippen LogP contribution in [0.15, 0.2) is 24.4 Å². The van der Waals surface area contributed by atoms with Gasteiger partial charge in [0.2, 0.25) is 0 Å². The quantitative estimate of drug-likeness (QED) is 0.793. The van der Waals surface area contributed by atoms with Crippen molar-refractivity contribution in [3.05, 3.63) is 52.3 Å². The highest BCUT2D eigenvalue weighted by atomic mass is 35.5. The first-order valence-electron chi connectivity index (χ1n) is 6.00. The van der Waals surface area contributed by atoms with Crippen molar-refractivity contribution in [2.24, 2.45) is 0 Å². The minimum Gasteiger partial charge on any atom is -0.261 e. The van der Waals surface area contributed by atoms with Crippen molar-refractivity contribution in [1.29, 1.82) is 0 Å². The van der Waals surface area contributed by atoms with E-state index < -0.39 is 0 Å². The molecule has 0 aliphatic rings. The molecule has 2 rings (SSSR count). The molecule has 18 heavy (non-hydrogen) atoms. The van der Waals surface area contributed by atoms with Gasteiger partial charge in [0.15, 0.2) is 0 Å². The lowest BCUT2D eigenvalue weighted by molar-refractivity contribution is 0.755. The highest BCUT2D eigenvalue weighted by Crippen LogP contribution is 2.21. The second-order valence-corrected chi connectivity index (χ2v) is 4.95. The van der Waals surface area contributed by atoms with Crippen LogP contribution in [0.25, 0.3) is 0 Å². The summed E-state index contributed by atoms with van der Waals surface area (Å²) in [4.78, 5) is 13.2. The van der Waals surface area contributed by atoms with Crippen molar-refractivity contribution in [2.75, 3.05) is 0 Å². The number of pyridine rings is 1. The zero-order valence-corrected chi connectivity index (χ0v) is 11.6. The molecule has 0 fully saturated rings. The molecule has 2 aromatic rings. The smallest absolute Gasteiger partial charge is 0.135 e. The molecule has 0 aliphatic heterocycles. The summed E-state index contributed by atoms with van der Waals surface area (Å²) in [5.74, 6) is 1.06. The van der Waals surface area contributed by atoms with Gasteiger partial charge in [0, 0.05) is 29.8 Å². The maximum Gasteiger partial charge on any atom is 0.135 e. The fourth-order valence-corrected chi connectivity index (χ4v) is 1.85. The Balaban J connectivity index is 2.38. The second-order valence-electron chi connectivity index (χ2n) is 4.60. The van der Waals surface area contributed by atoms with E-state index in [-0.39, 0.29) is 5.92 Å². The number of nitrogens with zero attached hydrogens (tertiary/aromatic N) is 3. The Hall–Kier alpha value is -1.48. The molecular weight excluding hydrogens is 246 g/mol. The first kappa shape index (κ1) is 13.0. The average Bonchev–Trinajstić information content (AvgIpc) is 2.35. The number of hydrogen-bond acceptors (Lipinski definition) is 3. The maximum absolute atomic E-state index is 6.16. The van der Waals surface area contributed by atoms with Gasteiger partial charge in [0.05, 0.1) is 5.69 Å². The SMILES string of the molecule is Cc1c(Cl)nc(C(C)C)nc1Cc1ccccn1. The molecule has 94 valence electrons. The van der Waals surface area contributed by atoms with E-state index in [4.69, 9.17) is 11.6 Å². The van der Waals surface area contributed by atoms with Gasteiger partial charge >= 0.3 is 0 Å². The third kappa shape index (κ3) is 2.85. The van der Waals surface area contributed by atoms with Crippen molar-refractivity contribution in [3.8, 4) is 0 Å². The molecule has 0 saturated carbocycles. The summed E-state index contributed by atoms with van der Waals surface area (Å²) in [7, 11) is 0. The third-order valence-electron chi connectivity index (χ3n) is 2.80. The van der Waals surface area contributed by atoms with Gasteiger partial charge in [-0.05, 0) is 19.1 Å². The third-order valence-corrected chi connectivity index (χ3v) is 3.16. The molecule has 2 heterocycles. The van der Waals surface area contributed by atoms with Crippen LogP contribution in [0.4, 0.5) is 0 Å². The van der Waals surface area contributed by atoms with Gasteiger partial charge in [-0.2, -0.15) is 0 Å². The number of aromatic nitrogens is 3. The molecule has 0 N–H and O–H groups in total. The van der Waals surface area contributed by atoms with Crippen LogP contribution in [0.1, 0.15) is 42.5 Å². The summed E-state index contributed by atoms with van der Waals surface area (Å²) in [6.07, 6.45) is 2.48. The maximum atomic E-state index is 6.16. The van der Waals surface area contributed by atoms with Gasteiger partial charge in [0.25, 0.3) is 0 Å². The Kier molecular flexibility index (Phi) is 3.92. The van der Waals surface area contributed by atoms with Crippen molar-refractivity contribution >= 4 is 11.6 Å². The molecule has 3 nitrogen and oxygen atoms in total. The van der Waals surface area contributed by atoms with E-state index in [0.29, 0.717) is 11.6 Å². The largest absolute Gasteiger partial charge is 0.261 e. The van der Waals surface area contributed by atoms with E-state index >= 15 is 0 Å². The molecule has 0 spiro atoms. The summed E-state index contributed by atoms with van der Waals surface area (Å²) in [6, 6.07) is 5.87. The topological polar surface area (TPSA) is 38.7 Å². The first-order valence-corrected chi connectivity index (χ1v) is 6.38. The van der Waals surface area contributed by atoms with Crippen LogP contribution < -0.4 is 0 Å². The molecule has 0 amide bonds. The minimum absolute atomic E-state index is 0.269. The van der Waals surface area contributed by atoms with Gasteiger partial charge in [-0.15, -0.1) is 0 Å². The van der Waals surface area contributed by atoms with Gasteiger partial charge in [-0.25, -0.2) is 9.97 Å². The zero-order chi connectivity index (χ0) is 13.1. The van der Waals surface area contributed by atoms with E-state index in [0.717, 1.165) is 22.8 Å². The molecule has 0 aromatic carbocycles. The molecular formula is C14H16ClN3. The molecule has 0 atom stereocenters. The van der Waals surface area contributed by atoms with E-state index in [1.807, 2.05) is 25.1 Å². The van der Waals surface area contributed by atoms with Crippen LogP contribution in [0.5, 0.6) is 0 Å². The van der Waals surface area contributed by atoms with Gasteiger partial charge in [-0.1, -0.05) is 31.5 Å². The van der Waals surface area contributed by atoms with E-state index in [1.54, 1.807) is 6.20 Å². The lowest BCUT2D eigenvalue weighted by atomic mass is 10.1. The predicted octanol–water partition coefficient (Wildman–Crippen LogP) is 3.55. The molecule has 0 aliphatic carbocycles. The van der Waals surface area contributed by atoms with Crippen LogP contribution in [0.3, 0.4) is 0 Å². The molecule has 4 heteroatoms. The monoisotopic (exact) mass is 261 g/mol. The van der Waals surface area contributed by atoms with Gasteiger partial charge in [0.1, 0.15) is 11.0 Å². The lowest BCUT2D eigenvalue weighted by Gasteiger charge is -2.10. The fraction of sp³-hybridized carbons (Fsp3) is 0.357. The van der Waals surface area contributed by atoms with E-state index in [2.05, 4.69) is 28.8 Å². The lowest BCUT2D eigenvalue weighted by Crippen LogP contribution is -2.06. The van der Waals surface area contributed by atoms with Crippen LogP contribution in [-0.4, -0.2) is 15.0 Å². The van der Waals surface area contributed by atoms with Crippen LogP contribution in [-0.2, 0) is 6.42 Å². The highest BCUT2D eigenvalue weighted by Gasteiger charge is 2.12. The van der Waals surface area contributed by atoms with Crippen molar-refractivity contribution in [2.45, 2.75) is 33.1 Å². The first-order chi connectivity index (χ1) is 8.58. The summed E-state index contributed by atoms with van der Waals surface area (Å²) in [5, 5.41) is 0.541. The Morgan fingerprint density at radius 2 is 2.00 bits per heavy atom. The van der Waals surface area contributed by atoms with Crippen molar-refractivity contribution in [3.63, 3.8) is 0 Å². The van der Waals surface area contributed by atoms with Gasteiger partial charge < -0.3 is 0 Å². The zero-order valence-electron chi connectivity index (χ0n) is 10.8. The van der Waals surface area contributed by atoms with E-state index in [9.17, 15) is 0 Å². The van der Waals surface area contributed by atoms with Crippen molar-refractivity contribution in [1.82, 2.24) is 15.0 Å². The highest BCUT2D eigenvalue weighted by molar-refractivity contribution is 6.30. The fourth-order valence-electron chi connectivity index (χ4n) is 1.66. The van der Waals surface area contributed by atoms with Crippen molar-refractivity contribution < 1.29 is 0 Å². The molecule has 0 saturated heterocycles. The summed E-state index contributed by atoms with van der Waals surface area (Å²) >= 11 is 6.16. The molecule has 0 bridgehead atoms. The van der Waals surface area contributed by atoms with Crippen LogP contribution >= 0.6 is 11.6 Å². The van der Waals surface area contributed by atoms with Crippen LogP contribution in [0, 0.1) is 6.92 Å². The Bertz CT molecular complexity index is 538. The number of halogens is 1. The van der Waals surface area contributed by atoms with Crippen LogP contribution in [0.2, 0.25) is 5.15 Å². The van der Waals surface area contributed by atoms with Gasteiger partial charge in [-0.3, -0.25) is 4.98 Å². The number of hydrogen-bond donors (Lipinski definition) is 0. The Morgan fingerprint density at radius 3 is 2.61 bits per heavy atom. The normalized spacial score (nSPS) is 10.9.